The van der Waals surface area contributed by atoms with Crippen LogP contribution in [0.3, 0.4) is 0 Å². The van der Waals surface area contributed by atoms with E-state index in [9.17, 15) is 5.11 Å². The van der Waals surface area contributed by atoms with Gasteiger partial charge in [0.2, 0.25) is 0 Å². The van der Waals surface area contributed by atoms with E-state index in [1.807, 2.05) is 18.3 Å². The molecule has 2 heterocycles. The molecule has 1 aliphatic rings. The lowest BCUT2D eigenvalue weighted by Crippen LogP contribution is -2.42. The summed E-state index contributed by atoms with van der Waals surface area (Å²) < 4.78 is 7.46. The summed E-state index contributed by atoms with van der Waals surface area (Å²) in [5.41, 5.74) is 3.83. The highest BCUT2D eigenvalue weighted by atomic mass is 16.5. The molecule has 0 bridgehead atoms. The minimum absolute atomic E-state index is 0.0235. The number of hydrogen-bond donors (Lipinski definition) is 1. The van der Waals surface area contributed by atoms with Crippen LogP contribution in [0.1, 0.15) is 43.0 Å². The second-order valence-electron chi connectivity index (χ2n) is 7.94. The number of aryl methyl sites for hydroxylation is 1. The average Bonchev–Trinajstić information content (AvgIpc) is 3.04. The summed E-state index contributed by atoms with van der Waals surface area (Å²) in [6.45, 7) is 8.57. The monoisotopic (exact) mass is 371 g/mol. The Kier molecular flexibility index (Phi) is 6.55. The molecule has 1 aromatic heterocycles. The van der Waals surface area contributed by atoms with Gasteiger partial charge in [0, 0.05) is 31.0 Å². The van der Waals surface area contributed by atoms with Crippen molar-refractivity contribution >= 4 is 0 Å². The van der Waals surface area contributed by atoms with Crippen molar-refractivity contribution in [1.29, 1.82) is 0 Å². The Labute approximate surface area is 163 Å². The third-order valence-corrected chi connectivity index (χ3v) is 6.00. The van der Waals surface area contributed by atoms with Gasteiger partial charge in [-0.05, 0) is 68.8 Å². The number of methoxy groups -OCH3 is 1. The molecular formula is C22H33N3O2. The molecule has 0 radical (unpaired) electrons. The lowest BCUT2D eigenvalue weighted by atomic mass is 9.74. The highest BCUT2D eigenvalue weighted by molar-refractivity contribution is 5.29. The van der Waals surface area contributed by atoms with Crippen LogP contribution >= 0.6 is 0 Å². The Balaban J connectivity index is 1.60. The summed E-state index contributed by atoms with van der Waals surface area (Å²) in [4.78, 5) is 2.50. The first-order chi connectivity index (χ1) is 13.1. The van der Waals surface area contributed by atoms with Gasteiger partial charge in [-0.1, -0.05) is 19.1 Å². The number of aromatic nitrogens is 2. The number of likely N-dealkylation sites (tertiary alicyclic amines) is 1. The fraction of sp³-hybridized carbons (Fsp3) is 0.591. The third-order valence-electron chi connectivity index (χ3n) is 6.00. The summed E-state index contributed by atoms with van der Waals surface area (Å²) in [6, 6.07) is 8.23. The summed E-state index contributed by atoms with van der Waals surface area (Å²) in [6.07, 6.45) is 6.07. The number of ether oxygens (including phenoxy) is 1. The van der Waals surface area contributed by atoms with Gasteiger partial charge >= 0.3 is 0 Å². The summed E-state index contributed by atoms with van der Waals surface area (Å²) in [7, 11) is 1.70. The number of nitrogens with zero attached hydrogens (tertiary/aromatic N) is 3. The van der Waals surface area contributed by atoms with Crippen LogP contribution in [0.15, 0.2) is 30.5 Å². The molecular weight excluding hydrogens is 338 g/mol. The number of hydrogen-bond acceptors (Lipinski definition) is 4. The molecule has 27 heavy (non-hydrogen) atoms. The van der Waals surface area contributed by atoms with Crippen LogP contribution in [0.25, 0.3) is 0 Å². The molecule has 5 nitrogen and oxygen atoms in total. The quantitative estimate of drug-likeness (QED) is 0.772. The molecule has 5 heteroatoms. The number of benzene rings is 1. The lowest BCUT2D eigenvalue weighted by molar-refractivity contribution is 0.0412. The predicted molar refractivity (Wildman–Crippen MR) is 108 cm³/mol. The lowest BCUT2D eigenvalue weighted by Gasteiger charge is -2.41. The highest BCUT2D eigenvalue weighted by Crippen LogP contribution is 2.36. The summed E-state index contributed by atoms with van der Waals surface area (Å²) in [5, 5.41) is 14.7. The van der Waals surface area contributed by atoms with Crippen molar-refractivity contribution in [3.8, 4) is 5.75 Å². The van der Waals surface area contributed by atoms with Gasteiger partial charge in [-0.15, -0.1) is 0 Å². The van der Waals surface area contributed by atoms with E-state index in [1.165, 1.54) is 16.8 Å². The van der Waals surface area contributed by atoms with Crippen molar-refractivity contribution in [3.63, 3.8) is 0 Å². The minimum atomic E-state index is -0.0235. The van der Waals surface area contributed by atoms with Crippen LogP contribution in [0.5, 0.6) is 5.75 Å². The van der Waals surface area contributed by atoms with E-state index in [2.05, 4.69) is 40.7 Å². The number of aliphatic hydroxyl groups is 1. The van der Waals surface area contributed by atoms with E-state index in [-0.39, 0.29) is 12.0 Å². The normalized spacial score (nSPS) is 17.2. The Morgan fingerprint density at radius 1 is 1.26 bits per heavy atom. The number of piperidine rings is 1. The molecule has 1 fully saturated rings. The Morgan fingerprint density at radius 2 is 2.04 bits per heavy atom. The van der Waals surface area contributed by atoms with Crippen molar-refractivity contribution in [1.82, 2.24) is 14.7 Å². The third kappa shape index (κ3) is 4.71. The number of rotatable bonds is 8. The van der Waals surface area contributed by atoms with Gasteiger partial charge in [0.05, 0.1) is 13.3 Å². The van der Waals surface area contributed by atoms with Gasteiger partial charge < -0.3 is 9.84 Å². The molecule has 0 atom stereocenters. The minimum Gasteiger partial charge on any atom is -0.497 e. The number of aliphatic hydroxyl groups excluding tert-OH is 1. The van der Waals surface area contributed by atoms with Gasteiger partial charge in [0.25, 0.3) is 0 Å². The second kappa shape index (κ2) is 8.89. The fourth-order valence-corrected chi connectivity index (χ4v) is 4.11. The maximum atomic E-state index is 10.1. The van der Waals surface area contributed by atoms with Crippen molar-refractivity contribution in [2.75, 3.05) is 26.8 Å². The highest BCUT2D eigenvalue weighted by Gasteiger charge is 2.34. The molecule has 1 N–H and O–H groups in total. The first-order valence-corrected chi connectivity index (χ1v) is 10.1. The zero-order valence-electron chi connectivity index (χ0n) is 16.9. The first kappa shape index (κ1) is 19.9. The van der Waals surface area contributed by atoms with Gasteiger partial charge in [0.1, 0.15) is 5.75 Å². The Morgan fingerprint density at radius 3 is 2.70 bits per heavy atom. The Hall–Kier alpha value is -1.85. The maximum Gasteiger partial charge on any atom is 0.119 e. The molecule has 0 spiro atoms. The van der Waals surface area contributed by atoms with Crippen molar-refractivity contribution in [2.24, 2.45) is 5.41 Å². The average molecular weight is 372 g/mol. The van der Waals surface area contributed by atoms with E-state index < -0.39 is 0 Å². The molecule has 1 aliphatic heterocycles. The molecule has 0 aliphatic carbocycles. The SMILES string of the molecule is CCCn1ncc(CN2CCC(CO)(Cc3cccc(OC)c3)CC2)c1C. The van der Waals surface area contributed by atoms with E-state index >= 15 is 0 Å². The van der Waals surface area contributed by atoms with Gasteiger partial charge in [0.15, 0.2) is 0 Å². The smallest absolute Gasteiger partial charge is 0.119 e. The van der Waals surface area contributed by atoms with Crippen molar-refractivity contribution < 1.29 is 9.84 Å². The largest absolute Gasteiger partial charge is 0.497 e. The standard InChI is InChI=1S/C22H33N3O2/c1-4-10-25-18(2)20(15-23-25)16-24-11-8-22(17-26,9-12-24)14-19-6-5-7-21(13-19)27-3/h5-7,13,15,26H,4,8-12,14,16-17H2,1-3H3. The van der Waals surface area contributed by atoms with E-state index in [0.717, 1.165) is 57.6 Å². The topological polar surface area (TPSA) is 50.5 Å². The molecule has 0 saturated carbocycles. The zero-order valence-corrected chi connectivity index (χ0v) is 16.9. The van der Waals surface area contributed by atoms with Gasteiger partial charge in [-0.3, -0.25) is 9.58 Å². The predicted octanol–water partition coefficient (Wildman–Crippen LogP) is 3.43. The van der Waals surface area contributed by atoms with Crippen molar-refractivity contribution in [3.05, 3.63) is 47.3 Å². The van der Waals surface area contributed by atoms with Crippen LogP contribution in [-0.4, -0.2) is 46.6 Å². The van der Waals surface area contributed by atoms with Gasteiger partial charge in [-0.2, -0.15) is 5.10 Å². The van der Waals surface area contributed by atoms with Gasteiger partial charge in [-0.25, -0.2) is 0 Å². The Bertz CT molecular complexity index is 733. The molecule has 1 saturated heterocycles. The molecule has 0 unspecified atom stereocenters. The van der Waals surface area contributed by atoms with E-state index in [1.54, 1.807) is 7.11 Å². The van der Waals surface area contributed by atoms with Crippen LogP contribution in [0.4, 0.5) is 0 Å². The first-order valence-electron chi connectivity index (χ1n) is 10.1. The second-order valence-corrected chi connectivity index (χ2v) is 7.94. The molecule has 1 aromatic carbocycles. The maximum absolute atomic E-state index is 10.1. The molecule has 3 rings (SSSR count). The van der Waals surface area contributed by atoms with E-state index in [4.69, 9.17) is 4.74 Å². The molecule has 2 aromatic rings. The van der Waals surface area contributed by atoms with Crippen LogP contribution in [0, 0.1) is 12.3 Å². The summed E-state index contributed by atoms with van der Waals surface area (Å²) >= 11 is 0. The fourth-order valence-electron chi connectivity index (χ4n) is 4.11. The van der Waals surface area contributed by atoms with Crippen LogP contribution < -0.4 is 4.74 Å². The van der Waals surface area contributed by atoms with E-state index in [0.29, 0.717) is 0 Å². The summed E-state index contributed by atoms with van der Waals surface area (Å²) in [5.74, 6) is 0.887. The van der Waals surface area contributed by atoms with Crippen LogP contribution in [-0.2, 0) is 19.5 Å². The van der Waals surface area contributed by atoms with Crippen LogP contribution in [0.2, 0.25) is 0 Å². The zero-order chi connectivity index (χ0) is 19.3. The molecule has 0 amide bonds. The van der Waals surface area contributed by atoms with Crippen molar-refractivity contribution in [2.45, 2.75) is 52.6 Å². The molecule has 148 valence electrons.